The van der Waals surface area contributed by atoms with Crippen LogP contribution in [-0.4, -0.2) is 46.3 Å². The van der Waals surface area contributed by atoms with Gasteiger partial charge in [-0.15, -0.1) is 0 Å². The van der Waals surface area contributed by atoms with Gasteiger partial charge in [0.1, 0.15) is 0 Å². The Morgan fingerprint density at radius 3 is 2.38 bits per heavy atom. The number of aliphatic hydroxyl groups is 1. The van der Waals surface area contributed by atoms with Crippen molar-refractivity contribution in [2.45, 2.75) is 31.7 Å². The fraction of sp³-hybridized carbons (Fsp3) is 0.467. The van der Waals surface area contributed by atoms with Crippen LogP contribution < -0.4 is 5.32 Å². The standard InChI is InChI=1S/C15H20N2O4/c18-9-8-17(13-2-1-3-13)15(21)16-12-6-4-11(5-7-12)10-14(19)20/h4-7,13,18H,1-3,8-10H2,(H,16,21)(H,19,20). The van der Waals surface area contributed by atoms with Crippen LogP contribution in [0.4, 0.5) is 10.5 Å². The molecule has 1 aromatic rings. The minimum Gasteiger partial charge on any atom is -0.481 e. The molecule has 2 rings (SSSR count). The predicted molar refractivity (Wildman–Crippen MR) is 78.2 cm³/mol. The summed E-state index contributed by atoms with van der Waals surface area (Å²) in [4.78, 5) is 24.5. The van der Waals surface area contributed by atoms with E-state index in [0.29, 0.717) is 17.8 Å². The van der Waals surface area contributed by atoms with Gasteiger partial charge in [0.2, 0.25) is 0 Å². The zero-order valence-corrected chi connectivity index (χ0v) is 11.8. The van der Waals surface area contributed by atoms with Crippen LogP contribution >= 0.6 is 0 Å². The van der Waals surface area contributed by atoms with Crippen LogP contribution in [0.25, 0.3) is 0 Å². The number of anilines is 1. The Kier molecular flexibility index (Phi) is 5.16. The Bertz CT molecular complexity index is 497. The Labute approximate surface area is 123 Å². The topological polar surface area (TPSA) is 89.9 Å². The maximum Gasteiger partial charge on any atom is 0.322 e. The maximum absolute atomic E-state index is 12.2. The molecule has 0 unspecified atom stereocenters. The number of carbonyl (C=O) groups is 2. The Hall–Kier alpha value is -2.08. The van der Waals surface area contributed by atoms with Crippen molar-refractivity contribution in [1.29, 1.82) is 0 Å². The molecule has 0 saturated heterocycles. The fourth-order valence-corrected chi connectivity index (χ4v) is 2.33. The van der Waals surface area contributed by atoms with E-state index in [1.807, 2.05) is 0 Å². The van der Waals surface area contributed by atoms with Crippen molar-refractivity contribution in [2.75, 3.05) is 18.5 Å². The van der Waals surface area contributed by atoms with E-state index in [-0.39, 0.29) is 25.1 Å². The van der Waals surface area contributed by atoms with E-state index in [2.05, 4.69) is 5.32 Å². The van der Waals surface area contributed by atoms with E-state index in [0.717, 1.165) is 19.3 Å². The first-order chi connectivity index (χ1) is 10.1. The third-order valence-corrected chi connectivity index (χ3v) is 3.68. The number of urea groups is 1. The zero-order chi connectivity index (χ0) is 15.2. The van der Waals surface area contributed by atoms with Crippen molar-refractivity contribution in [2.24, 2.45) is 0 Å². The van der Waals surface area contributed by atoms with Gasteiger partial charge in [0, 0.05) is 18.3 Å². The maximum atomic E-state index is 12.2. The first-order valence-electron chi connectivity index (χ1n) is 7.09. The molecule has 0 radical (unpaired) electrons. The molecule has 0 bridgehead atoms. The van der Waals surface area contributed by atoms with Crippen molar-refractivity contribution >= 4 is 17.7 Å². The molecular formula is C15H20N2O4. The van der Waals surface area contributed by atoms with Crippen molar-refractivity contribution < 1.29 is 19.8 Å². The zero-order valence-electron chi connectivity index (χ0n) is 11.8. The van der Waals surface area contributed by atoms with Crippen molar-refractivity contribution in [1.82, 2.24) is 4.90 Å². The second kappa shape index (κ2) is 7.08. The molecule has 1 aliphatic carbocycles. The number of benzene rings is 1. The second-order valence-corrected chi connectivity index (χ2v) is 5.20. The van der Waals surface area contributed by atoms with Crippen LogP contribution in [0.15, 0.2) is 24.3 Å². The molecule has 1 fully saturated rings. The molecule has 114 valence electrons. The molecule has 0 spiro atoms. The van der Waals surface area contributed by atoms with Crippen molar-refractivity contribution in [3.63, 3.8) is 0 Å². The van der Waals surface area contributed by atoms with Gasteiger partial charge in [0.05, 0.1) is 13.0 Å². The first kappa shape index (κ1) is 15.3. The summed E-state index contributed by atoms with van der Waals surface area (Å²) >= 11 is 0. The molecule has 1 aromatic carbocycles. The third kappa shape index (κ3) is 4.19. The van der Waals surface area contributed by atoms with Crippen LogP contribution in [0.2, 0.25) is 0 Å². The number of hydrogen-bond donors (Lipinski definition) is 3. The Morgan fingerprint density at radius 1 is 1.24 bits per heavy atom. The normalized spacial score (nSPS) is 14.3. The molecule has 0 atom stereocenters. The SMILES string of the molecule is O=C(O)Cc1ccc(NC(=O)N(CCO)C2CCC2)cc1. The highest BCUT2D eigenvalue weighted by Gasteiger charge is 2.28. The van der Waals surface area contributed by atoms with Gasteiger partial charge in [-0.25, -0.2) is 4.79 Å². The number of nitrogens with one attached hydrogen (secondary N) is 1. The number of aliphatic hydroxyl groups excluding tert-OH is 1. The largest absolute Gasteiger partial charge is 0.481 e. The Morgan fingerprint density at radius 2 is 1.90 bits per heavy atom. The average Bonchev–Trinajstić information content (AvgIpc) is 2.38. The molecular weight excluding hydrogens is 272 g/mol. The van der Waals surface area contributed by atoms with Crippen molar-refractivity contribution in [3.05, 3.63) is 29.8 Å². The van der Waals surface area contributed by atoms with E-state index in [1.165, 1.54) is 0 Å². The summed E-state index contributed by atoms with van der Waals surface area (Å²) in [5, 5.41) is 20.6. The van der Waals surface area contributed by atoms with Gasteiger partial charge < -0.3 is 20.4 Å². The molecule has 2 amide bonds. The molecule has 0 aromatic heterocycles. The molecule has 6 heteroatoms. The first-order valence-corrected chi connectivity index (χ1v) is 7.09. The lowest BCUT2D eigenvalue weighted by Crippen LogP contribution is -2.47. The smallest absolute Gasteiger partial charge is 0.322 e. The summed E-state index contributed by atoms with van der Waals surface area (Å²) in [5.74, 6) is -0.883. The van der Waals surface area contributed by atoms with E-state index in [4.69, 9.17) is 10.2 Å². The van der Waals surface area contributed by atoms with Gasteiger partial charge in [-0.1, -0.05) is 12.1 Å². The predicted octanol–water partition coefficient (Wildman–Crippen LogP) is 1.69. The monoisotopic (exact) mass is 292 g/mol. The van der Waals surface area contributed by atoms with Gasteiger partial charge in [0.15, 0.2) is 0 Å². The van der Waals surface area contributed by atoms with Gasteiger partial charge in [-0.3, -0.25) is 4.79 Å². The molecule has 1 saturated carbocycles. The molecule has 3 N–H and O–H groups in total. The van der Waals surface area contributed by atoms with E-state index in [9.17, 15) is 9.59 Å². The van der Waals surface area contributed by atoms with Gasteiger partial charge in [-0.2, -0.15) is 0 Å². The number of carboxylic acid groups (broad SMARTS) is 1. The minimum atomic E-state index is -0.883. The molecule has 0 aliphatic heterocycles. The summed E-state index contributed by atoms with van der Waals surface area (Å²) in [6.07, 6.45) is 3.03. The number of hydrogen-bond acceptors (Lipinski definition) is 3. The highest BCUT2D eigenvalue weighted by molar-refractivity contribution is 5.89. The quantitative estimate of drug-likeness (QED) is 0.744. The number of aliphatic carboxylic acids is 1. The minimum absolute atomic E-state index is 0.0348. The number of amides is 2. The number of nitrogens with zero attached hydrogens (tertiary/aromatic N) is 1. The van der Waals surface area contributed by atoms with Crippen molar-refractivity contribution in [3.8, 4) is 0 Å². The molecule has 6 nitrogen and oxygen atoms in total. The summed E-state index contributed by atoms with van der Waals surface area (Å²) in [6.45, 7) is 0.273. The lowest BCUT2D eigenvalue weighted by Gasteiger charge is -2.37. The highest BCUT2D eigenvalue weighted by atomic mass is 16.4. The lowest BCUT2D eigenvalue weighted by atomic mass is 9.92. The van der Waals surface area contributed by atoms with Gasteiger partial charge >= 0.3 is 12.0 Å². The summed E-state index contributed by atoms with van der Waals surface area (Å²) in [7, 11) is 0. The van der Waals surface area contributed by atoms with Crippen LogP contribution in [-0.2, 0) is 11.2 Å². The number of carboxylic acids is 1. The van der Waals surface area contributed by atoms with Crippen LogP contribution in [0.3, 0.4) is 0 Å². The molecule has 21 heavy (non-hydrogen) atoms. The fourth-order valence-electron chi connectivity index (χ4n) is 2.33. The average molecular weight is 292 g/mol. The summed E-state index contributed by atoms with van der Waals surface area (Å²) < 4.78 is 0. The third-order valence-electron chi connectivity index (χ3n) is 3.68. The van der Waals surface area contributed by atoms with Gasteiger partial charge in [0.25, 0.3) is 0 Å². The van der Waals surface area contributed by atoms with Crippen LogP contribution in [0.5, 0.6) is 0 Å². The molecule has 1 aliphatic rings. The van der Waals surface area contributed by atoms with E-state index >= 15 is 0 Å². The van der Waals surface area contributed by atoms with E-state index in [1.54, 1.807) is 29.2 Å². The van der Waals surface area contributed by atoms with E-state index < -0.39 is 5.97 Å². The number of rotatable bonds is 6. The lowest BCUT2D eigenvalue weighted by molar-refractivity contribution is -0.136. The van der Waals surface area contributed by atoms with Gasteiger partial charge in [-0.05, 0) is 37.0 Å². The van der Waals surface area contributed by atoms with Crippen LogP contribution in [0.1, 0.15) is 24.8 Å². The number of carbonyl (C=O) groups excluding carboxylic acids is 1. The summed E-state index contributed by atoms with van der Waals surface area (Å²) in [6, 6.07) is 6.73. The molecule has 0 heterocycles. The Balaban J connectivity index is 1.95. The van der Waals surface area contributed by atoms with Crippen LogP contribution in [0, 0.1) is 0 Å². The second-order valence-electron chi connectivity index (χ2n) is 5.20. The summed E-state index contributed by atoms with van der Waals surface area (Å²) in [5.41, 5.74) is 1.31. The highest BCUT2D eigenvalue weighted by Crippen LogP contribution is 2.25.